The lowest BCUT2D eigenvalue weighted by molar-refractivity contribution is 0.793. The molecule has 2 N–H and O–H groups in total. The molecule has 0 bridgehead atoms. The van der Waals surface area contributed by atoms with Gasteiger partial charge in [-0.25, -0.2) is 9.97 Å². The van der Waals surface area contributed by atoms with Crippen molar-refractivity contribution in [3.05, 3.63) is 30.0 Å². The Hall–Kier alpha value is -1.91. The molecular weight excluding hydrogens is 202 g/mol. The average Bonchev–Trinajstić information content (AvgIpc) is 2.70. The molecule has 0 aliphatic carbocycles. The molecule has 0 spiro atoms. The summed E-state index contributed by atoms with van der Waals surface area (Å²) in [5.74, 6) is 2.11. The molecule has 0 atom stereocenters. The second-order valence-electron chi connectivity index (χ2n) is 3.70. The first kappa shape index (κ1) is 10.6. The number of nitrogens with zero attached hydrogens (tertiary/aromatic N) is 4. The third-order valence-corrected chi connectivity index (χ3v) is 2.38. The van der Waals surface area contributed by atoms with E-state index < -0.39 is 0 Å². The zero-order valence-corrected chi connectivity index (χ0v) is 9.51. The van der Waals surface area contributed by atoms with Gasteiger partial charge < -0.3 is 5.73 Å². The molecule has 16 heavy (non-hydrogen) atoms. The summed E-state index contributed by atoms with van der Waals surface area (Å²) in [6.07, 6.45) is 7.39. The monoisotopic (exact) mass is 217 g/mol. The van der Waals surface area contributed by atoms with E-state index in [-0.39, 0.29) is 5.95 Å². The van der Waals surface area contributed by atoms with Crippen molar-refractivity contribution in [1.82, 2.24) is 19.5 Å². The number of hydrogen-bond donors (Lipinski definition) is 1. The molecule has 0 aromatic carbocycles. The van der Waals surface area contributed by atoms with Crippen LogP contribution in [0.4, 0.5) is 5.95 Å². The molecule has 5 nitrogen and oxygen atoms in total. The van der Waals surface area contributed by atoms with E-state index in [1.165, 1.54) is 0 Å². The van der Waals surface area contributed by atoms with Gasteiger partial charge in [-0.2, -0.15) is 4.98 Å². The second-order valence-corrected chi connectivity index (χ2v) is 3.70. The summed E-state index contributed by atoms with van der Waals surface area (Å²) in [6, 6.07) is 0. The molecule has 0 amide bonds. The van der Waals surface area contributed by atoms with E-state index in [1.807, 2.05) is 17.7 Å². The van der Waals surface area contributed by atoms with Crippen LogP contribution in [0.2, 0.25) is 0 Å². The third kappa shape index (κ3) is 1.88. The molecule has 0 fully saturated rings. The summed E-state index contributed by atoms with van der Waals surface area (Å²) < 4.78 is 1.97. The minimum Gasteiger partial charge on any atom is -0.368 e. The van der Waals surface area contributed by atoms with E-state index in [0.29, 0.717) is 0 Å². The third-order valence-electron chi connectivity index (χ3n) is 2.38. The Balaban J connectivity index is 2.49. The van der Waals surface area contributed by atoms with Crippen molar-refractivity contribution in [1.29, 1.82) is 0 Å². The maximum atomic E-state index is 5.60. The molecule has 2 aromatic rings. The second kappa shape index (κ2) is 4.30. The molecule has 0 saturated heterocycles. The first-order chi connectivity index (χ1) is 7.72. The standard InChI is InChI=1S/C11H15N5/c1-3-4-9-13-5-6-16(9)10-8(2)7-14-11(12)15-10/h5-7H,3-4H2,1-2H3,(H2,12,14,15). The maximum absolute atomic E-state index is 5.60. The Morgan fingerprint density at radius 2 is 2.19 bits per heavy atom. The fourth-order valence-corrected chi connectivity index (χ4v) is 1.63. The van der Waals surface area contributed by atoms with Crippen molar-refractivity contribution in [3.8, 4) is 5.82 Å². The van der Waals surface area contributed by atoms with Crippen LogP contribution in [0, 0.1) is 6.92 Å². The smallest absolute Gasteiger partial charge is 0.221 e. The lowest BCUT2D eigenvalue weighted by atomic mass is 10.3. The number of aryl methyl sites for hydroxylation is 2. The van der Waals surface area contributed by atoms with Gasteiger partial charge in [0.15, 0.2) is 0 Å². The van der Waals surface area contributed by atoms with Crippen LogP contribution >= 0.6 is 0 Å². The van der Waals surface area contributed by atoms with E-state index in [1.54, 1.807) is 12.4 Å². The maximum Gasteiger partial charge on any atom is 0.221 e. The van der Waals surface area contributed by atoms with Gasteiger partial charge in [-0.05, 0) is 13.3 Å². The number of imidazole rings is 1. The van der Waals surface area contributed by atoms with Crippen LogP contribution in [0.3, 0.4) is 0 Å². The summed E-state index contributed by atoms with van der Waals surface area (Å²) >= 11 is 0. The number of nitrogen functional groups attached to an aromatic ring is 1. The van der Waals surface area contributed by atoms with Crippen molar-refractivity contribution >= 4 is 5.95 Å². The van der Waals surface area contributed by atoms with Gasteiger partial charge >= 0.3 is 0 Å². The predicted molar refractivity (Wildman–Crippen MR) is 62.3 cm³/mol. The number of nitrogens with two attached hydrogens (primary N) is 1. The number of anilines is 1. The van der Waals surface area contributed by atoms with Crippen LogP contribution in [0.1, 0.15) is 24.7 Å². The SMILES string of the molecule is CCCc1nccn1-c1nc(N)ncc1C. The molecule has 0 unspecified atom stereocenters. The van der Waals surface area contributed by atoms with Crippen molar-refractivity contribution in [2.45, 2.75) is 26.7 Å². The zero-order chi connectivity index (χ0) is 11.5. The molecule has 84 valence electrons. The fraction of sp³-hybridized carbons (Fsp3) is 0.364. The minimum atomic E-state index is 0.289. The number of aromatic nitrogens is 4. The van der Waals surface area contributed by atoms with Gasteiger partial charge in [0.05, 0.1) is 0 Å². The van der Waals surface area contributed by atoms with Gasteiger partial charge in [0, 0.05) is 30.6 Å². The van der Waals surface area contributed by atoms with Gasteiger partial charge in [-0.15, -0.1) is 0 Å². The van der Waals surface area contributed by atoms with Gasteiger partial charge in [0.2, 0.25) is 5.95 Å². The van der Waals surface area contributed by atoms with E-state index in [4.69, 9.17) is 5.73 Å². The van der Waals surface area contributed by atoms with Gasteiger partial charge in [0.25, 0.3) is 0 Å². The van der Waals surface area contributed by atoms with E-state index in [2.05, 4.69) is 21.9 Å². The Morgan fingerprint density at radius 1 is 1.38 bits per heavy atom. The lowest BCUT2D eigenvalue weighted by Gasteiger charge is -2.09. The van der Waals surface area contributed by atoms with Crippen molar-refractivity contribution in [3.63, 3.8) is 0 Å². The molecule has 0 aliphatic rings. The molecular formula is C11H15N5. The van der Waals surface area contributed by atoms with E-state index in [9.17, 15) is 0 Å². The normalized spacial score (nSPS) is 10.6. The lowest BCUT2D eigenvalue weighted by Crippen LogP contribution is -2.07. The fourth-order valence-electron chi connectivity index (χ4n) is 1.63. The summed E-state index contributed by atoms with van der Waals surface area (Å²) in [4.78, 5) is 12.5. The Labute approximate surface area is 94.4 Å². The van der Waals surface area contributed by atoms with Crippen LogP contribution < -0.4 is 5.73 Å². The van der Waals surface area contributed by atoms with Crippen molar-refractivity contribution in [2.24, 2.45) is 0 Å². The van der Waals surface area contributed by atoms with Gasteiger partial charge in [-0.3, -0.25) is 4.57 Å². The molecule has 0 radical (unpaired) electrons. The number of hydrogen-bond acceptors (Lipinski definition) is 4. The summed E-state index contributed by atoms with van der Waals surface area (Å²) in [7, 11) is 0. The highest BCUT2D eigenvalue weighted by Crippen LogP contribution is 2.14. The first-order valence-corrected chi connectivity index (χ1v) is 5.34. The van der Waals surface area contributed by atoms with Crippen molar-refractivity contribution in [2.75, 3.05) is 5.73 Å². The Bertz CT molecular complexity index is 489. The van der Waals surface area contributed by atoms with Crippen molar-refractivity contribution < 1.29 is 0 Å². The Kier molecular flexibility index (Phi) is 2.85. The summed E-state index contributed by atoms with van der Waals surface area (Å²) in [6.45, 7) is 4.09. The van der Waals surface area contributed by atoms with Gasteiger partial charge in [-0.1, -0.05) is 6.92 Å². The highest BCUT2D eigenvalue weighted by atomic mass is 15.2. The van der Waals surface area contributed by atoms with E-state index in [0.717, 1.165) is 30.0 Å². The molecule has 2 heterocycles. The molecule has 2 aromatic heterocycles. The molecule has 5 heteroatoms. The molecule has 2 rings (SSSR count). The largest absolute Gasteiger partial charge is 0.368 e. The van der Waals surface area contributed by atoms with Crippen LogP contribution in [0.5, 0.6) is 0 Å². The minimum absolute atomic E-state index is 0.289. The van der Waals surface area contributed by atoms with Crippen LogP contribution in [-0.2, 0) is 6.42 Å². The summed E-state index contributed by atoms with van der Waals surface area (Å²) in [5.41, 5.74) is 6.59. The molecule has 0 saturated carbocycles. The topological polar surface area (TPSA) is 69.6 Å². The first-order valence-electron chi connectivity index (χ1n) is 5.34. The van der Waals surface area contributed by atoms with Crippen LogP contribution in [-0.4, -0.2) is 19.5 Å². The van der Waals surface area contributed by atoms with Crippen LogP contribution in [0.25, 0.3) is 5.82 Å². The quantitative estimate of drug-likeness (QED) is 0.846. The highest BCUT2D eigenvalue weighted by molar-refractivity contribution is 5.36. The van der Waals surface area contributed by atoms with Crippen LogP contribution in [0.15, 0.2) is 18.6 Å². The zero-order valence-electron chi connectivity index (χ0n) is 9.51. The Morgan fingerprint density at radius 3 is 2.94 bits per heavy atom. The predicted octanol–water partition coefficient (Wildman–Crippen LogP) is 1.51. The number of rotatable bonds is 3. The molecule has 0 aliphatic heterocycles. The summed E-state index contributed by atoms with van der Waals surface area (Å²) in [5, 5.41) is 0. The van der Waals surface area contributed by atoms with E-state index >= 15 is 0 Å². The highest BCUT2D eigenvalue weighted by Gasteiger charge is 2.08. The van der Waals surface area contributed by atoms with Gasteiger partial charge in [0.1, 0.15) is 11.6 Å². The average molecular weight is 217 g/mol.